The number of carbonyl (C=O) groups is 1. The summed E-state index contributed by atoms with van der Waals surface area (Å²) in [6.07, 6.45) is 0.350. The maximum atomic E-state index is 11.6. The summed E-state index contributed by atoms with van der Waals surface area (Å²) in [5, 5.41) is 14.0. The van der Waals surface area contributed by atoms with Gasteiger partial charge in [0.1, 0.15) is 13.5 Å². The first-order chi connectivity index (χ1) is 11.2. The third kappa shape index (κ3) is 2.46. The smallest absolute Gasteiger partial charge is 0.314 e. The largest absolute Gasteiger partial charge is 0.481 e. The zero-order valence-corrected chi connectivity index (χ0v) is 11.1. The van der Waals surface area contributed by atoms with Crippen LogP contribution in [-0.2, 0) is 9.53 Å². The standard InChI is InChI=1S/C13H15N5O3/c1-21-11-9(12(19)20)4-8(6-15-11)7-2-3-18-10(5-7)16-13(14)17-18/h2-5,9,11,15H,6H2,1H3,(H2,14,17)(H,19,20)/i9D,11D/hD. The first-order valence-electron chi connectivity index (χ1n) is 7.55. The zero-order valence-electron chi connectivity index (χ0n) is 14.1. The van der Waals surface area contributed by atoms with Crippen LogP contribution >= 0.6 is 0 Å². The normalized spacial score (nSPS) is 32.2. The molecule has 0 saturated carbocycles. The number of nitrogen functional groups attached to an aromatic ring is 1. The van der Waals surface area contributed by atoms with Crippen LogP contribution in [0.25, 0.3) is 11.2 Å². The van der Waals surface area contributed by atoms with Crippen LogP contribution in [0.4, 0.5) is 5.95 Å². The lowest BCUT2D eigenvalue weighted by Gasteiger charge is -2.28. The Kier molecular flexibility index (Phi) is 2.53. The number of fused-ring (bicyclic) bond motifs is 1. The number of nitrogens with two attached hydrogens (primary N) is 1. The summed E-state index contributed by atoms with van der Waals surface area (Å²) < 4.78 is 30.6. The molecule has 21 heavy (non-hydrogen) atoms. The summed E-state index contributed by atoms with van der Waals surface area (Å²) in [6.45, 7) is -0.0922. The summed E-state index contributed by atoms with van der Waals surface area (Å²) in [5.41, 5.74) is 6.93. The number of anilines is 1. The number of carboxylic acid groups (broad SMARTS) is 1. The molecule has 1 aliphatic heterocycles. The number of rotatable bonds is 3. The molecule has 2 aromatic heterocycles. The van der Waals surface area contributed by atoms with Gasteiger partial charge < -0.3 is 15.6 Å². The predicted octanol–water partition coefficient (Wildman–Crippen LogP) is -0.0286. The number of ether oxygens (including phenoxy) is 1. The van der Waals surface area contributed by atoms with Crippen LogP contribution in [0.15, 0.2) is 24.4 Å². The molecule has 3 rings (SSSR count). The molecular weight excluding hydrogens is 274 g/mol. The van der Waals surface area contributed by atoms with Crippen molar-refractivity contribution < 1.29 is 18.8 Å². The lowest BCUT2D eigenvalue weighted by molar-refractivity contribution is -0.145. The Morgan fingerprint density at radius 1 is 1.76 bits per heavy atom. The fourth-order valence-electron chi connectivity index (χ4n) is 2.12. The molecule has 8 nitrogen and oxygen atoms in total. The first kappa shape index (κ1) is 10.3. The van der Waals surface area contributed by atoms with Gasteiger partial charge in [0, 0.05) is 19.9 Å². The predicted molar refractivity (Wildman–Crippen MR) is 75.3 cm³/mol. The van der Waals surface area contributed by atoms with E-state index in [4.69, 9.17) is 14.6 Å². The van der Waals surface area contributed by atoms with Gasteiger partial charge in [0.2, 0.25) is 5.95 Å². The molecule has 8 heteroatoms. The zero-order chi connectivity index (χ0) is 17.7. The summed E-state index contributed by atoms with van der Waals surface area (Å²) >= 11 is 0. The molecule has 0 radical (unpaired) electrons. The number of methoxy groups -OCH3 is 1. The Balaban J connectivity index is 2.14. The quantitative estimate of drug-likeness (QED) is 0.727. The molecule has 4 N–H and O–H groups in total. The molecular formula is C13H15N5O3. The van der Waals surface area contributed by atoms with E-state index in [1.54, 1.807) is 18.3 Å². The Labute approximate surface area is 124 Å². The molecule has 0 aromatic carbocycles. The van der Waals surface area contributed by atoms with Crippen LogP contribution in [0.1, 0.15) is 8.30 Å². The van der Waals surface area contributed by atoms with E-state index >= 15 is 0 Å². The Morgan fingerprint density at radius 3 is 3.29 bits per heavy atom. The molecule has 110 valence electrons. The highest BCUT2D eigenvalue weighted by Crippen LogP contribution is 2.23. The van der Waals surface area contributed by atoms with Crippen molar-refractivity contribution in [3.05, 3.63) is 30.0 Å². The van der Waals surface area contributed by atoms with Crippen molar-refractivity contribution in [3.63, 3.8) is 0 Å². The van der Waals surface area contributed by atoms with Crippen LogP contribution in [0, 0.1) is 5.89 Å². The van der Waals surface area contributed by atoms with Gasteiger partial charge in [0.25, 0.3) is 0 Å². The van der Waals surface area contributed by atoms with Gasteiger partial charge in [-0.15, -0.1) is 5.10 Å². The molecule has 0 spiro atoms. The first-order valence-corrected chi connectivity index (χ1v) is 6.10. The van der Waals surface area contributed by atoms with Gasteiger partial charge in [-0.1, -0.05) is 6.08 Å². The molecule has 2 atom stereocenters. The molecule has 1 aliphatic rings. The highest BCUT2D eigenvalue weighted by molar-refractivity contribution is 5.79. The van der Waals surface area contributed by atoms with Gasteiger partial charge in [-0.25, -0.2) is 4.52 Å². The minimum atomic E-state index is -2.48. The van der Waals surface area contributed by atoms with Crippen LogP contribution in [0.3, 0.4) is 0 Å². The van der Waals surface area contributed by atoms with Gasteiger partial charge in [0.15, 0.2) is 5.65 Å². The summed E-state index contributed by atoms with van der Waals surface area (Å²) in [7, 11) is 1.10. The molecule has 0 fully saturated rings. The molecule has 0 aliphatic carbocycles. The van der Waals surface area contributed by atoms with Crippen molar-refractivity contribution in [1.82, 2.24) is 19.9 Å². The molecule has 0 saturated heterocycles. The van der Waals surface area contributed by atoms with E-state index in [1.165, 1.54) is 4.52 Å². The maximum absolute atomic E-state index is 11.6. The molecule has 3 heterocycles. The minimum Gasteiger partial charge on any atom is -0.481 e. The number of pyridine rings is 1. The highest BCUT2D eigenvalue weighted by atomic mass is 16.5. The Morgan fingerprint density at radius 2 is 2.57 bits per heavy atom. The van der Waals surface area contributed by atoms with Crippen molar-refractivity contribution >= 4 is 23.1 Å². The number of hydrogen-bond acceptors (Lipinski definition) is 6. The third-order valence-electron chi connectivity index (χ3n) is 3.09. The van der Waals surface area contributed by atoms with E-state index in [-0.39, 0.29) is 12.5 Å². The second-order valence-electron chi connectivity index (χ2n) is 4.40. The Hall–Kier alpha value is -2.45. The Bertz CT molecular complexity index is 856. The summed E-state index contributed by atoms with van der Waals surface area (Å²) in [4.78, 5) is 15.6. The van der Waals surface area contributed by atoms with Gasteiger partial charge in [0.05, 0.1) is 2.74 Å². The number of aliphatic carboxylic acids is 1. The van der Waals surface area contributed by atoms with E-state index in [9.17, 15) is 9.90 Å². The van der Waals surface area contributed by atoms with E-state index in [1.807, 2.05) is 0 Å². The van der Waals surface area contributed by atoms with Gasteiger partial charge in [-0.2, -0.15) is 4.98 Å². The molecule has 2 unspecified atom stereocenters. The molecule has 2 aromatic rings. The second kappa shape index (κ2) is 5.15. The number of carboxylic acids is 1. The lowest BCUT2D eigenvalue weighted by atomic mass is 9.95. The summed E-state index contributed by atoms with van der Waals surface area (Å²) in [6, 6.07) is 3.27. The van der Waals surface area contributed by atoms with E-state index in [0.717, 1.165) is 13.2 Å². The van der Waals surface area contributed by atoms with Gasteiger partial charge in [-0.3, -0.25) is 10.1 Å². The van der Waals surface area contributed by atoms with Gasteiger partial charge >= 0.3 is 5.97 Å². The second-order valence-corrected chi connectivity index (χ2v) is 4.40. The maximum Gasteiger partial charge on any atom is 0.314 e. The van der Waals surface area contributed by atoms with Crippen LogP contribution in [-0.4, -0.2) is 45.5 Å². The van der Waals surface area contributed by atoms with Crippen LogP contribution in [0.5, 0.6) is 0 Å². The van der Waals surface area contributed by atoms with Crippen molar-refractivity contribution in [2.75, 3.05) is 19.4 Å². The summed E-state index contributed by atoms with van der Waals surface area (Å²) in [5.74, 6) is -3.96. The van der Waals surface area contributed by atoms with Crippen molar-refractivity contribution in [1.29, 1.82) is 0 Å². The number of hydrogen-bond donors (Lipinski definition) is 3. The van der Waals surface area contributed by atoms with E-state index in [2.05, 4.69) is 10.1 Å². The lowest BCUT2D eigenvalue weighted by Crippen LogP contribution is -2.44. The van der Waals surface area contributed by atoms with Crippen LogP contribution < -0.4 is 11.0 Å². The van der Waals surface area contributed by atoms with Crippen molar-refractivity contribution in [2.24, 2.45) is 5.89 Å². The third-order valence-corrected chi connectivity index (χ3v) is 3.09. The van der Waals surface area contributed by atoms with Gasteiger partial charge in [-0.05, 0) is 23.3 Å². The van der Waals surface area contributed by atoms with Crippen molar-refractivity contribution in [3.8, 4) is 0 Å². The number of aromatic nitrogens is 3. The molecule has 0 bridgehead atoms. The van der Waals surface area contributed by atoms with E-state index in [0.29, 0.717) is 22.1 Å². The fourth-order valence-corrected chi connectivity index (χ4v) is 2.12. The fraction of sp³-hybridized carbons (Fsp3) is 0.308. The average Bonchev–Trinajstić information content (AvgIpc) is 2.90. The number of nitrogens with one attached hydrogen (secondary N) is 1. The SMILES string of the molecule is [2H]N1CC(c2ccn3nc(N)nc3c2)=CC([2H])(C(=O)O)C1([2H])OC. The topological polar surface area (TPSA) is 115 Å². The van der Waals surface area contributed by atoms with Crippen molar-refractivity contribution in [2.45, 2.75) is 6.20 Å². The average molecular weight is 292 g/mol. The monoisotopic (exact) mass is 292 g/mol. The van der Waals surface area contributed by atoms with E-state index < -0.39 is 18.1 Å². The molecule has 0 amide bonds. The minimum absolute atomic E-state index is 0.0922. The van der Waals surface area contributed by atoms with Crippen LogP contribution in [0.2, 0.25) is 1.41 Å². The highest BCUT2D eigenvalue weighted by Gasteiger charge is 2.30. The number of nitrogens with zero attached hydrogens (tertiary/aromatic N) is 3.